The maximum Gasteiger partial charge on any atom is 0.230 e. The van der Waals surface area contributed by atoms with Gasteiger partial charge in [-0.1, -0.05) is 30.0 Å². The Morgan fingerprint density at radius 1 is 1.24 bits per heavy atom. The monoisotopic (exact) mass is 442 g/mol. The van der Waals surface area contributed by atoms with Crippen LogP contribution in [-0.4, -0.2) is 31.1 Å². The van der Waals surface area contributed by atoms with Crippen molar-refractivity contribution in [3.8, 4) is 0 Å². The van der Waals surface area contributed by atoms with Gasteiger partial charge >= 0.3 is 0 Å². The standard InChI is InChI=1S/C19H18N6OS3/c1-13-5-3-6-16(9-13)25(14(2)26)18-20-15(11-28-18)12-29-19-21-22-23-24(19)10-17-7-4-8-27-17/h3-9,11H,10,12H2,1-2H3. The van der Waals surface area contributed by atoms with Crippen LogP contribution >= 0.6 is 34.4 Å². The number of rotatable bonds is 7. The zero-order chi connectivity index (χ0) is 20.2. The van der Waals surface area contributed by atoms with Crippen LogP contribution in [-0.2, 0) is 17.1 Å². The molecule has 1 amide bonds. The van der Waals surface area contributed by atoms with Gasteiger partial charge in [-0.05, 0) is 46.5 Å². The molecule has 4 aromatic rings. The first-order chi connectivity index (χ1) is 14.1. The molecule has 0 saturated carbocycles. The predicted octanol–water partition coefficient (Wildman–Crippen LogP) is 4.52. The first-order valence-corrected chi connectivity index (χ1v) is 11.6. The van der Waals surface area contributed by atoms with Crippen molar-refractivity contribution in [1.29, 1.82) is 0 Å². The van der Waals surface area contributed by atoms with Crippen LogP contribution in [0.5, 0.6) is 0 Å². The van der Waals surface area contributed by atoms with E-state index in [0.29, 0.717) is 17.4 Å². The Balaban J connectivity index is 1.47. The lowest BCUT2D eigenvalue weighted by molar-refractivity contribution is -0.115. The van der Waals surface area contributed by atoms with Crippen molar-refractivity contribution >= 4 is 51.2 Å². The van der Waals surface area contributed by atoms with Gasteiger partial charge in [-0.15, -0.1) is 27.8 Å². The molecule has 0 aliphatic rings. The Morgan fingerprint density at radius 2 is 2.14 bits per heavy atom. The number of nitrogens with zero attached hydrogens (tertiary/aromatic N) is 6. The number of amides is 1. The van der Waals surface area contributed by atoms with E-state index in [1.54, 1.807) is 27.8 Å². The van der Waals surface area contributed by atoms with Gasteiger partial charge in [0.2, 0.25) is 11.1 Å². The summed E-state index contributed by atoms with van der Waals surface area (Å²) < 4.78 is 1.79. The van der Waals surface area contributed by atoms with Crippen LogP contribution in [0.15, 0.2) is 52.3 Å². The van der Waals surface area contributed by atoms with E-state index in [-0.39, 0.29) is 5.91 Å². The van der Waals surface area contributed by atoms with Gasteiger partial charge in [0.05, 0.1) is 17.9 Å². The molecule has 148 valence electrons. The second kappa shape index (κ2) is 8.85. The van der Waals surface area contributed by atoms with Crippen molar-refractivity contribution in [2.75, 3.05) is 4.90 Å². The second-order valence-corrected chi connectivity index (χ2v) is 9.11. The number of tetrazole rings is 1. The zero-order valence-electron chi connectivity index (χ0n) is 15.8. The molecular weight excluding hydrogens is 424 g/mol. The van der Waals surface area contributed by atoms with Gasteiger partial charge in [-0.3, -0.25) is 9.69 Å². The van der Waals surface area contributed by atoms with Gasteiger partial charge in [0.25, 0.3) is 0 Å². The van der Waals surface area contributed by atoms with Gasteiger partial charge in [-0.2, -0.15) is 0 Å². The normalized spacial score (nSPS) is 11.0. The predicted molar refractivity (Wildman–Crippen MR) is 117 cm³/mol. The smallest absolute Gasteiger partial charge is 0.230 e. The largest absolute Gasteiger partial charge is 0.274 e. The maximum absolute atomic E-state index is 12.3. The number of aromatic nitrogens is 5. The van der Waals surface area contributed by atoms with Crippen LogP contribution in [0.1, 0.15) is 23.1 Å². The number of thiophene rings is 1. The Kier molecular flexibility index (Phi) is 6.02. The summed E-state index contributed by atoms with van der Waals surface area (Å²) in [5, 5.41) is 17.4. The van der Waals surface area contributed by atoms with Gasteiger partial charge in [0.15, 0.2) is 5.13 Å². The third-order valence-electron chi connectivity index (χ3n) is 4.04. The third kappa shape index (κ3) is 4.72. The summed E-state index contributed by atoms with van der Waals surface area (Å²) in [6.07, 6.45) is 0. The number of anilines is 2. The molecule has 10 heteroatoms. The molecule has 0 radical (unpaired) electrons. The molecule has 0 N–H and O–H groups in total. The Hall–Kier alpha value is -2.56. The van der Waals surface area contributed by atoms with Gasteiger partial charge in [0.1, 0.15) is 0 Å². The van der Waals surface area contributed by atoms with Crippen LogP contribution in [0, 0.1) is 6.92 Å². The van der Waals surface area contributed by atoms with Gasteiger partial charge < -0.3 is 0 Å². The highest BCUT2D eigenvalue weighted by Gasteiger charge is 2.18. The fourth-order valence-electron chi connectivity index (χ4n) is 2.75. The molecule has 0 unspecified atom stereocenters. The van der Waals surface area contributed by atoms with E-state index >= 15 is 0 Å². The van der Waals surface area contributed by atoms with Crippen LogP contribution in [0.2, 0.25) is 0 Å². The number of hydrogen-bond donors (Lipinski definition) is 0. The molecule has 1 aromatic carbocycles. The van der Waals surface area contributed by atoms with Crippen molar-refractivity contribution in [2.24, 2.45) is 0 Å². The van der Waals surface area contributed by atoms with E-state index in [1.807, 2.05) is 48.0 Å². The first-order valence-electron chi connectivity index (χ1n) is 8.83. The molecule has 0 aliphatic carbocycles. The van der Waals surface area contributed by atoms with E-state index in [4.69, 9.17) is 0 Å². The van der Waals surface area contributed by atoms with Crippen molar-refractivity contribution in [2.45, 2.75) is 31.3 Å². The quantitative estimate of drug-likeness (QED) is 0.392. The number of carbonyl (C=O) groups is 1. The van der Waals surface area contributed by atoms with Crippen LogP contribution in [0.4, 0.5) is 10.8 Å². The Bertz CT molecular complexity index is 1100. The molecular formula is C19H18N6OS3. The first kappa shape index (κ1) is 19.7. The van der Waals surface area contributed by atoms with Gasteiger partial charge in [-0.25, -0.2) is 9.67 Å². The Labute approximate surface area is 180 Å². The van der Waals surface area contributed by atoms with Crippen molar-refractivity contribution < 1.29 is 4.79 Å². The number of thiazole rings is 1. The maximum atomic E-state index is 12.3. The van der Waals surface area contributed by atoms with Gasteiger partial charge in [0, 0.05) is 22.9 Å². The molecule has 0 aliphatic heterocycles. The summed E-state index contributed by atoms with van der Waals surface area (Å²) in [5.74, 6) is 0.560. The van der Waals surface area contributed by atoms with Crippen molar-refractivity contribution in [3.63, 3.8) is 0 Å². The average Bonchev–Trinajstić information content (AvgIpc) is 3.43. The number of benzene rings is 1. The third-order valence-corrected chi connectivity index (χ3v) is 6.77. The van der Waals surface area contributed by atoms with Crippen molar-refractivity contribution in [3.05, 3.63) is 63.3 Å². The highest BCUT2D eigenvalue weighted by Crippen LogP contribution is 2.31. The lowest BCUT2D eigenvalue weighted by Crippen LogP contribution is -2.22. The summed E-state index contributed by atoms with van der Waals surface area (Å²) in [5.41, 5.74) is 2.81. The highest BCUT2D eigenvalue weighted by atomic mass is 32.2. The summed E-state index contributed by atoms with van der Waals surface area (Å²) in [6.45, 7) is 4.21. The number of aryl methyl sites for hydroxylation is 1. The molecule has 3 aromatic heterocycles. The zero-order valence-corrected chi connectivity index (χ0v) is 18.3. The second-order valence-electron chi connectivity index (χ2n) is 6.30. The lowest BCUT2D eigenvalue weighted by atomic mass is 10.2. The average molecular weight is 443 g/mol. The minimum Gasteiger partial charge on any atom is -0.274 e. The fraction of sp³-hybridized carbons (Fsp3) is 0.211. The topological polar surface area (TPSA) is 76.8 Å². The number of thioether (sulfide) groups is 1. The SMILES string of the molecule is CC(=O)N(c1cccc(C)c1)c1nc(CSc2nnnn2Cc2cccs2)cs1. The van der Waals surface area contributed by atoms with E-state index in [2.05, 4.69) is 26.6 Å². The minimum absolute atomic E-state index is 0.0657. The molecule has 7 nitrogen and oxygen atoms in total. The molecule has 3 heterocycles. The summed E-state index contributed by atoms with van der Waals surface area (Å²) >= 11 is 4.67. The molecule has 0 atom stereocenters. The van der Waals surface area contributed by atoms with E-state index in [9.17, 15) is 4.79 Å². The number of hydrogen-bond acceptors (Lipinski definition) is 8. The molecule has 0 saturated heterocycles. The molecule has 29 heavy (non-hydrogen) atoms. The molecule has 0 fully saturated rings. The lowest BCUT2D eigenvalue weighted by Gasteiger charge is -2.18. The highest BCUT2D eigenvalue weighted by molar-refractivity contribution is 7.98. The van der Waals surface area contributed by atoms with Crippen LogP contribution in [0.25, 0.3) is 0 Å². The molecule has 4 rings (SSSR count). The number of carbonyl (C=O) groups excluding carboxylic acids is 1. The van der Waals surface area contributed by atoms with E-state index in [0.717, 1.165) is 22.1 Å². The summed E-state index contributed by atoms with van der Waals surface area (Å²) in [6, 6.07) is 11.9. The Morgan fingerprint density at radius 3 is 2.90 bits per heavy atom. The fourth-order valence-corrected chi connectivity index (χ4v) is 5.19. The van der Waals surface area contributed by atoms with Crippen LogP contribution < -0.4 is 4.90 Å². The molecule has 0 bridgehead atoms. The van der Waals surface area contributed by atoms with Crippen molar-refractivity contribution in [1.82, 2.24) is 25.2 Å². The molecule has 0 spiro atoms. The van der Waals surface area contributed by atoms with E-state index in [1.165, 1.54) is 28.0 Å². The van der Waals surface area contributed by atoms with E-state index < -0.39 is 0 Å². The summed E-state index contributed by atoms with van der Waals surface area (Å²) in [4.78, 5) is 19.8. The van der Waals surface area contributed by atoms with Crippen LogP contribution in [0.3, 0.4) is 0 Å². The summed E-state index contributed by atoms with van der Waals surface area (Å²) in [7, 11) is 0. The minimum atomic E-state index is -0.0657.